The van der Waals surface area contributed by atoms with Crippen LogP contribution in [0, 0.1) is 13.8 Å². The highest BCUT2D eigenvalue weighted by atomic mass is 16.5. The Bertz CT molecular complexity index is 920. The third-order valence-electron chi connectivity index (χ3n) is 3.78. The van der Waals surface area contributed by atoms with Crippen LogP contribution in [0.5, 0.6) is 11.5 Å². The highest BCUT2D eigenvalue weighted by molar-refractivity contribution is 5.99. The molecule has 0 fully saturated rings. The van der Waals surface area contributed by atoms with Crippen LogP contribution < -0.4 is 16.2 Å². The number of primary amides is 1. The average molecular weight is 307 g/mol. The minimum Gasteiger partial charge on any atom is -0.457 e. The maximum Gasteiger partial charge on any atom is 0.248 e. The molecule has 116 valence electrons. The van der Waals surface area contributed by atoms with E-state index in [4.69, 9.17) is 16.2 Å². The summed E-state index contributed by atoms with van der Waals surface area (Å²) in [4.78, 5) is 15.9. The zero-order chi connectivity index (χ0) is 16.6. The quantitative estimate of drug-likeness (QED) is 0.726. The summed E-state index contributed by atoms with van der Waals surface area (Å²) in [6.07, 6.45) is 1.67. The van der Waals surface area contributed by atoms with Crippen molar-refractivity contribution in [3.8, 4) is 11.5 Å². The number of hydrogen-bond acceptors (Lipinski definition) is 4. The number of nitrogens with two attached hydrogens (primary N) is 2. The maximum absolute atomic E-state index is 11.6. The molecule has 0 saturated heterocycles. The number of carbonyl (C=O) groups is 1. The molecular formula is C18H17N3O2. The summed E-state index contributed by atoms with van der Waals surface area (Å²) in [5.41, 5.74) is 14.9. The molecule has 0 radical (unpaired) electrons. The fourth-order valence-electron chi connectivity index (χ4n) is 2.47. The smallest absolute Gasteiger partial charge is 0.248 e. The van der Waals surface area contributed by atoms with E-state index < -0.39 is 5.91 Å². The third-order valence-corrected chi connectivity index (χ3v) is 3.78. The van der Waals surface area contributed by atoms with Crippen molar-refractivity contribution in [1.29, 1.82) is 0 Å². The molecule has 23 heavy (non-hydrogen) atoms. The van der Waals surface area contributed by atoms with Gasteiger partial charge in [-0.3, -0.25) is 9.78 Å². The van der Waals surface area contributed by atoms with Gasteiger partial charge < -0.3 is 16.2 Å². The lowest BCUT2D eigenvalue weighted by atomic mass is 10.0. The second-order valence-corrected chi connectivity index (χ2v) is 5.48. The van der Waals surface area contributed by atoms with Gasteiger partial charge in [0, 0.05) is 22.8 Å². The Morgan fingerprint density at radius 3 is 2.57 bits per heavy atom. The Kier molecular flexibility index (Phi) is 3.62. The van der Waals surface area contributed by atoms with Gasteiger partial charge in [0.1, 0.15) is 11.5 Å². The lowest BCUT2D eigenvalue weighted by molar-refractivity contribution is 0.1000. The first-order valence-corrected chi connectivity index (χ1v) is 7.19. The van der Waals surface area contributed by atoms with E-state index in [1.54, 1.807) is 30.5 Å². The van der Waals surface area contributed by atoms with E-state index in [-0.39, 0.29) is 0 Å². The van der Waals surface area contributed by atoms with Crippen molar-refractivity contribution in [2.24, 2.45) is 5.73 Å². The number of pyridine rings is 1. The Morgan fingerprint density at radius 2 is 1.87 bits per heavy atom. The number of hydrogen-bond donors (Lipinski definition) is 2. The molecule has 5 heteroatoms. The zero-order valence-electron chi connectivity index (χ0n) is 13.0. The summed E-state index contributed by atoms with van der Waals surface area (Å²) in [7, 11) is 0. The van der Waals surface area contributed by atoms with Crippen LogP contribution in [0.3, 0.4) is 0 Å². The van der Waals surface area contributed by atoms with Crippen molar-refractivity contribution in [2.75, 3.05) is 5.73 Å². The van der Waals surface area contributed by atoms with Crippen LogP contribution in [-0.4, -0.2) is 10.9 Å². The Balaban J connectivity index is 2.11. The molecule has 1 aromatic heterocycles. The van der Waals surface area contributed by atoms with Crippen molar-refractivity contribution in [3.63, 3.8) is 0 Å². The predicted molar refractivity (Wildman–Crippen MR) is 90.7 cm³/mol. The van der Waals surface area contributed by atoms with Crippen molar-refractivity contribution in [2.45, 2.75) is 13.8 Å². The summed E-state index contributed by atoms with van der Waals surface area (Å²) in [5.74, 6) is 0.814. The normalized spacial score (nSPS) is 10.7. The molecule has 0 bridgehead atoms. The van der Waals surface area contributed by atoms with Gasteiger partial charge in [-0.05, 0) is 61.4 Å². The predicted octanol–water partition coefficient (Wildman–Crippen LogP) is 3.33. The van der Waals surface area contributed by atoms with Crippen LogP contribution in [0.2, 0.25) is 0 Å². The van der Waals surface area contributed by atoms with Crippen LogP contribution in [0.4, 0.5) is 5.69 Å². The molecule has 0 aliphatic rings. The molecule has 5 nitrogen and oxygen atoms in total. The molecule has 1 amide bonds. The van der Waals surface area contributed by atoms with Gasteiger partial charge in [-0.15, -0.1) is 0 Å². The number of ether oxygens (including phenoxy) is 1. The number of nitrogen functional groups attached to an aromatic ring is 1. The highest BCUT2D eigenvalue weighted by Crippen LogP contribution is 2.31. The van der Waals surface area contributed by atoms with Crippen LogP contribution in [0.15, 0.2) is 42.6 Å². The summed E-state index contributed by atoms with van der Waals surface area (Å²) < 4.78 is 5.95. The van der Waals surface area contributed by atoms with Crippen molar-refractivity contribution < 1.29 is 9.53 Å². The van der Waals surface area contributed by atoms with E-state index >= 15 is 0 Å². The molecule has 0 saturated carbocycles. The number of amides is 1. The molecule has 3 rings (SSSR count). The molecule has 4 N–H and O–H groups in total. The number of nitrogens with zero attached hydrogens (tertiary/aromatic N) is 1. The Morgan fingerprint density at radius 1 is 1.09 bits per heavy atom. The second-order valence-electron chi connectivity index (χ2n) is 5.48. The molecule has 2 aromatic carbocycles. The first-order valence-electron chi connectivity index (χ1n) is 7.19. The molecule has 0 aliphatic heterocycles. The number of carbonyl (C=O) groups excluding carboxylic acids is 1. The summed E-state index contributed by atoms with van der Waals surface area (Å²) in [5, 5.41) is 0.737. The van der Waals surface area contributed by atoms with Gasteiger partial charge in [0.25, 0.3) is 0 Å². The molecular weight excluding hydrogens is 290 g/mol. The van der Waals surface area contributed by atoms with Gasteiger partial charge >= 0.3 is 0 Å². The third kappa shape index (κ3) is 2.81. The first-order chi connectivity index (χ1) is 11.0. The van der Waals surface area contributed by atoms with E-state index in [1.165, 1.54) is 0 Å². The number of aryl methyl sites for hydroxylation is 2. The second kappa shape index (κ2) is 5.61. The number of fused-ring (bicyclic) bond motifs is 1. The monoisotopic (exact) mass is 307 g/mol. The van der Waals surface area contributed by atoms with Crippen molar-refractivity contribution in [3.05, 3.63) is 59.3 Å². The SMILES string of the molecule is Cc1cc(Oc2ccnc3cc(C)c(C(N)=O)cc23)ccc1N. The molecule has 0 unspecified atom stereocenters. The number of rotatable bonds is 3. The largest absolute Gasteiger partial charge is 0.457 e. The summed E-state index contributed by atoms with van der Waals surface area (Å²) >= 11 is 0. The Labute approximate surface area is 133 Å². The molecule has 0 spiro atoms. The van der Waals surface area contributed by atoms with Gasteiger partial charge in [0.15, 0.2) is 0 Å². The van der Waals surface area contributed by atoms with Crippen LogP contribution in [0.1, 0.15) is 21.5 Å². The first kappa shape index (κ1) is 14.8. The summed E-state index contributed by atoms with van der Waals surface area (Å²) in [6, 6.07) is 10.8. The van der Waals surface area contributed by atoms with Gasteiger partial charge in [-0.25, -0.2) is 0 Å². The minimum absolute atomic E-state index is 0.462. The van der Waals surface area contributed by atoms with Crippen LogP contribution in [0.25, 0.3) is 10.9 Å². The number of anilines is 1. The van der Waals surface area contributed by atoms with Crippen LogP contribution >= 0.6 is 0 Å². The standard InChI is InChI=1S/C18H17N3O2/c1-10-8-16-14(9-13(10)18(20)22)17(5-6-21-16)23-12-3-4-15(19)11(2)7-12/h3-9H,19H2,1-2H3,(H2,20,22). The fourth-order valence-corrected chi connectivity index (χ4v) is 2.47. The Hall–Kier alpha value is -3.08. The number of benzene rings is 2. The molecule has 3 aromatic rings. The van der Waals surface area contributed by atoms with Gasteiger partial charge in [-0.2, -0.15) is 0 Å². The number of aromatic nitrogens is 1. The van der Waals surface area contributed by atoms with E-state index in [9.17, 15) is 4.79 Å². The lowest BCUT2D eigenvalue weighted by Gasteiger charge is -2.11. The summed E-state index contributed by atoms with van der Waals surface area (Å²) in [6.45, 7) is 3.75. The van der Waals surface area contributed by atoms with E-state index in [2.05, 4.69) is 4.98 Å². The zero-order valence-corrected chi connectivity index (χ0v) is 13.0. The van der Waals surface area contributed by atoms with Gasteiger partial charge in [0.2, 0.25) is 5.91 Å². The fraction of sp³-hybridized carbons (Fsp3) is 0.111. The lowest BCUT2D eigenvalue weighted by Crippen LogP contribution is -2.12. The molecule has 1 heterocycles. The molecule has 0 atom stereocenters. The van der Waals surface area contributed by atoms with Crippen molar-refractivity contribution >= 4 is 22.5 Å². The topological polar surface area (TPSA) is 91.2 Å². The van der Waals surface area contributed by atoms with Crippen molar-refractivity contribution in [1.82, 2.24) is 4.98 Å². The molecule has 0 aliphatic carbocycles. The highest BCUT2D eigenvalue weighted by Gasteiger charge is 2.11. The van der Waals surface area contributed by atoms with Gasteiger partial charge in [0.05, 0.1) is 5.52 Å². The average Bonchev–Trinajstić information content (AvgIpc) is 2.50. The van der Waals surface area contributed by atoms with E-state index in [0.717, 1.165) is 22.0 Å². The van der Waals surface area contributed by atoms with E-state index in [1.807, 2.05) is 26.0 Å². The van der Waals surface area contributed by atoms with Gasteiger partial charge in [-0.1, -0.05) is 0 Å². The van der Waals surface area contributed by atoms with Crippen LogP contribution in [-0.2, 0) is 0 Å². The minimum atomic E-state index is -0.470. The maximum atomic E-state index is 11.6. The van der Waals surface area contributed by atoms with E-state index in [0.29, 0.717) is 22.7 Å².